The first-order valence-corrected chi connectivity index (χ1v) is 34.1. The number of hydrogen-bond acceptors (Lipinski definition) is 21. The van der Waals surface area contributed by atoms with Crippen molar-refractivity contribution in [2.24, 2.45) is 0 Å². The van der Waals surface area contributed by atoms with Crippen molar-refractivity contribution in [3.05, 3.63) is 120 Å². The smallest absolute Gasteiger partial charge is 0.415 e. The summed E-state index contributed by atoms with van der Waals surface area (Å²) < 4.78 is 43.0. The van der Waals surface area contributed by atoms with Gasteiger partial charge in [0.1, 0.15) is 24.7 Å². The van der Waals surface area contributed by atoms with Crippen LogP contribution in [0.1, 0.15) is 78.2 Å². The molecule has 2 heterocycles. The molecule has 0 spiro atoms. The molecule has 0 aliphatic heterocycles. The number of anilines is 2. The minimum atomic E-state index is -1.86. The van der Waals surface area contributed by atoms with Crippen LogP contribution in [0.3, 0.4) is 0 Å². The Bertz CT molecular complexity index is 3060. The van der Waals surface area contributed by atoms with Crippen LogP contribution in [0.4, 0.5) is 21.0 Å². The van der Waals surface area contributed by atoms with Crippen molar-refractivity contribution >= 4 is 52.1 Å². The zero-order valence-corrected chi connectivity index (χ0v) is 54.6. The highest BCUT2D eigenvalue weighted by molar-refractivity contribution is 6.74. The number of carboxylic acid groups (broad SMARTS) is 1. The Balaban J connectivity index is 0.000000331. The van der Waals surface area contributed by atoms with Gasteiger partial charge >= 0.3 is 18.2 Å². The summed E-state index contributed by atoms with van der Waals surface area (Å²) in [6, 6.07) is 28.9. The summed E-state index contributed by atoms with van der Waals surface area (Å²) in [7, 11) is -0.593. The molecule has 0 bridgehead atoms. The van der Waals surface area contributed by atoms with E-state index >= 15 is 0 Å². The van der Waals surface area contributed by atoms with Crippen LogP contribution in [0.15, 0.2) is 97.1 Å². The number of aliphatic carboxylic acids is 1. The first kappa shape index (κ1) is 71.7. The molecule has 4 N–H and O–H groups in total. The van der Waals surface area contributed by atoms with Crippen molar-refractivity contribution in [2.75, 3.05) is 78.0 Å². The molecule has 27 heteroatoms. The van der Waals surface area contributed by atoms with Crippen molar-refractivity contribution in [3.63, 3.8) is 0 Å². The van der Waals surface area contributed by atoms with Crippen molar-refractivity contribution < 1.29 is 61.6 Å². The highest BCUT2D eigenvalue weighted by atomic mass is 28.4. The third-order valence-electron chi connectivity index (χ3n) is 13.9. The van der Waals surface area contributed by atoms with E-state index < -0.39 is 34.8 Å². The van der Waals surface area contributed by atoms with Gasteiger partial charge in [-0.3, -0.25) is 4.79 Å². The number of nitrogens with two attached hydrogens (primary N) is 1. The Kier molecular flexibility index (Phi) is 29.0. The van der Waals surface area contributed by atoms with Gasteiger partial charge < -0.3 is 63.2 Å². The fourth-order valence-corrected chi connectivity index (χ4v) is 8.55. The first-order chi connectivity index (χ1) is 41.2. The molecule has 6 aromatic rings. The fraction of sp³-hybridized carbons (Fsp3) is 0.467. The van der Waals surface area contributed by atoms with E-state index in [-0.39, 0.29) is 53.9 Å². The van der Waals surface area contributed by atoms with Crippen LogP contribution in [-0.2, 0) is 63.7 Å². The number of amides is 3. The molecule has 472 valence electrons. The molecular weight excluding hydrogens is 1150 g/mol. The van der Waals surface area contributed by atoms with Gasteiger partial charge in [-0.2, -0.15) is 0 Å². The lowest BCUT2D eigenvalue weighted by molar-refractivity contribution is -0.142. The highest BCUT2D eigenvalue weighted by Crippen LogP contribution is 2.38. The number of rotatable bonds is 27. The number of ether oxygens (including phenoxy) is 6. The fourth-order valence-electron chi connectivity index (χ4n) is 6.63. The van der Waals surface area contributed by atoms with Gasteiger partial charge in [-0.05, 0) is 110 Å². The average molecular weight is 1240 g/mol. The van der Waals surface area contributed by atoms with Gasteiger partial charge in [0.25, 0.3) is 0 Å². The van der Waals surface area contributed by atoms with Crippen LogP contribution in [0, 0.1) is 0 Å². The Morgan fingerprint density at radius 3 is 1.33 bits per heavy atom. The van der Waals surface area contributed by atoms with E-state index in [2.05, 4.69) is 123 Å². The van der Waals surface area contributed by atoms with Crippen LogP contribution in [-0.4, -0.2) is 163 Å². The maximum atomic E-state index is 12.9. The van der Waals surface area contributed by atoms with E-state index in [9.17, 15) is 19.2 Å². The van der Waals surface area contributed by atoms with Crippen LogP contribution in [0.25, 0.3) is 22.8 Å². The summed E-state index contributed by atoms with van der Waals surface area (Å²) in [4.78, 5) is 50.4. The largest absolute Gasteiger partial charge is 0.480 e. The molecule has 0 fully saturated rings. The lowest BCUT2D eigenvalue weighted by Gasteiger charge is -2.36. The second kappa shape index (κ2) is 35.1. The summed E-state index contributed by atoms with van der Waals surface area (Å²) in [6.45, 7) is 29.1. The quantitative estimate of drug-likeness (QED) is 0.0245. The van der Waals surface area contributed by atoms with Crippen molar-refractivity contribution in [2.45, 2.75) is 118 Å². The molecule has 0 unspecified atom stereocenters. The molecule has 0 saturated heterocycles. The van der Waals surface area contributed by atoms with Crippen molar-refractivity contribution in [1.29, 1.82) is 0 Å². The Morgan fingerprint density at radius 2 is 0.954 bits per heavy atom. The molecule has 0 atom stereocenters. The number of nitrogens with one attached hydrogen (secondary N) is 1. The average Bonchev–Trinajstić information content (AvgIpc) is 2.29. The number of nitrogen functional groups attached to an aromatic ring is 1. The SMILES string of the molecule is CCN(Cc1nnc(-c2cccc(N)c2)nn1)C(=O)Oc1ccc(CO[Si](C)(C)C(C)(C)C)cc1.CCN(Cc1nnc(-c2cccc(NC(=O)COCCOC)c2)nn1)C(=O)Oc1ccc(CO[Si](C)(C)C(C)(C)C)cc1.COCCOCC(=O)O. The number of benzene rings is 4. The lowest BCUT2D eigenvalue weighted by Crippen LogP contribution is -2.40. The van der Waals surface area contributed by atoms with E-state index in [1.54, 1.807) is 67.8 Å². The Labute approximate surface area is 512 Å². The zero-order valence-electron chi connectivity index (χ0n) is 52.6. The maximum Gasteiger partial charge on any atom is 0.415 e. The molecule has 0 aliphatic carbocycles. The van der Waals surface area contributed by atoms with E-state index in [0.717, 1.165) is 16.7 Å². The number of methoxy groups -OCH3 is 2. The highest BCUT2D eigenvalue weighted by Gasteiger charge is 2.38. The second-order valence-corrected chi connectivity index (χ2v) is 32.3. The Hall–Kier alpha value is -7.77. The normalized spacial score (nSPS) is 11.5. The number of carbonyl (C=O) groups excluding carboxylic acids is 3. The molecule has 0 aliphatic rings. The third-order valence-corrected chi connectivity index (χ3v) is 22.9. The molecule has 87 heavy (non-hydrogen) atoms. The minimum absolute atomic E-state index is 0.0766. The molecule has 6 rings (SSSR count). The van der Waals surface area contributed by atoms with Gasteiger partial charge in [0.15, 0.2) is 28.3 Å². The number of hydrogen-bond donors (Lipinski definition) is 3. The number of carbonyl (C=O) groups is 4. The summed E-state index contributed by atoms with van der Waals surface area (Å²) in [5.41, 5.74) is 10.4. The molecule has 0 saturated carbocycles. The predicted octanol–water partition coefficient (Wildman–Crippen LogP) is 9.87. The van der Waals surface area contributed by atoms with Gasteiger partial charge in [0.05, 0.1) is 52.7 Å². The number of aromatic nitrogens is 8. The van der Waals surface area contributed by atoms with Crippen molar-refractivity contribution in [3.8, 4) is 34.3 Å². The monoisotopic (exact) mass is 1240 g/mol. The van der Waals surface area contributed by atoms with Gasteiger partial charge in [0, 0.05) is 49.8 Å². The summed E-state index contributed by atoms with van der Waals surface area (Å²) >= 11 is 0. The number of carboxylic acids is 1. The van der Waals surface area contributed by atoms with E-state index in [4.69, 9.17) is 38.6 Å². The first-order valence-electron chi connectivity index (χ1n) is 28.3. The van der Waals surface area contributed by atoms with Gasteiger partial charge in [-0.25, -0.2) is 14.4 Å². The van der Waals surface area contributed by atoms with E-state index in [1.807, 2.05) is 50.2 Å². The minimum Gasteiger partial charge on any atom is -0.480 e. The van der Waals surface area contributed by atoms with E-state index in [0.29, 0.717) is 92.8 Å². The second-order valence-electron chi connectivity index (χ2n) is 22.7. The van der Waals surface area contributed by atoms with Crippen LogP contribution >= 0.6 is 0 Å². The summed E-state index contributed by atoms with van der Waals surface area (Å²) in [5, 5.41) is 44.2. The lowest BCUT2D eigenvalue weighted by atomic mass is 10.2. The topological polar surface area (TPSA) is 310 Å². The van der Waals surface area contributed by atoms with Crippen LogP contribution in [0.5, 0.6) is 11.5 Å². The molecule has 3 amide bonds. The zero-order chi connectivity index (χ0) is 64.2. The van der Waals surface area contributed by atoms with Gasteiger partial charge in [0.2, 0.25) is 17.6 Å². The maximum absolute atomic E-state index is 12.9. The molecule has 0 radical (unpaired) electrons. The molecule has 2 aromatic heterocycles. The molecule has 25 nitrogen and oxygen atoms in total. The summed E-state index contributed by atoms with van der Waals surface area (Å²) in [6.07, 6.45) is -1.03. The third kappa shape index (κ3) is 25.2. The van der Waals surface area contributed by atoms with Gasteiger partial charge in [-0.15, -0.1) is 40.8 Å². The van der Waals surface area contributed by atoms with Crippen molar-refractivity contribution in [1.82, 2.24) is 50.6 Å². The molecular formula is C60H86N12O13Si2. The predicted molar refractivity (Wildman–Crippen MR) is 333 cm³/mol. The van der Waals surface area contributed by atoms with Crippen LogP contribution in [0.2, 0.25) is 36.3 Å². The standard InChI is InChI=1S/C30H42N6O6Si.C25H34N6O3Si.C5H10O4/c1-8-36(29(38)42-25-14-12-22(13-15-25)20-41-43(6,7)30(2,3)4)19-26-32-34-28(35-33-26)23-10-9-11-24(18-23)31-27(37)21-40-17-16-39-5;1-7-31(16-22-27-29-23(30-28-22)19-9-8-10-20(26)15-19)24(32)34-21-13-11-18(12-14-21)17-33-35(5,6)25(2,3)4;1-8-2-3-9-4-5(6)7/h9-15,18H,8,16-17,19-21H2,1-7H3,(H,31,37);8-15H,7,16-17,26H2,1-6H3;2-4H2,1H3,(H,6,7). The van der Waals surface area contributed by atoms with Gasteiger partial charge in [-0.1, -0.05) is 90.1 Å². The number of nitrogens with zero attached hydrogens (tertiary/aromatic N) is 10. The molecule has 4 aromatic carbocycles. The van der Waals surface area contributed by atoms with Crippen LogP contribution < -0.4 is 20.5 Å². The summed E-state index contributed by atoms with van der Waals surface area (Å²) in [5.74, 6) is 0.862. The van der Waals surface area contributed by atoms with E-state index in [1.165, 1.54) is 16.9 Å². The Morgan fingerprint density at radius 1 is 0.552 bits per heavy atom.